The predicted octanol–water partition coefficient (Wildman–Crippen LogP) is 1.21. The Labute approximate surface area is 155 Å². The van der Waals surface area contributed by atoms with Crippen LogP contribution in [0.25, 0.3) is 10.2 Å². The molecule has 0 atom stereocenters. The number of carbonyl (C=O) groups is 1. The highest BCUT2D eigenvalue weighted by molar-refractivity contribution is 7.20. The van der Waals surface area contributed by atoms with Crippen LogP contribution in [0.3, 0.4) is 0 Å². The SMILES string of the molecule is CC(=O)c1sc2c(c1C)c(=O)n(CCO)c(=O)n2CCN1CCCCC1. The average Bonchev–Trinajstić information content (AvgIpc) is 2.97. The molecule has 1 saturated heterocycles. The highest BCUT2D eigenvalue weighted by Crippen LogP contribution is 2.28. The van der Waals surface area contributed by atoms with E-state index in [4.69, 9.17) is 0 Å². The van der Waals surface area contributed by atoms with Crippen LogP contribution in [-0.4, -0.2) is 51.2 Å². The van der Waals surface area contributed by atoms with Crippen molar-refractivity contribution in [3.05, 3.63) is 31.3 Å². The number of Topliss-reactive ketones (excluding diaryl/α,β-unsaturated/α-hetero) is 1. The summed E-state index contributed by atoms with van der Waals surface area (Å²) in [6.45, 7) is 6.15. The summed E-state index contributed by atoms with van der Waals surface area (Å²) in [6, 6.07) is 0. The van der Waals surface area contributed by atoms with E-state index in [0.29, 0.717) is 27.2 Å². The Hall–Kier alpha value is -1.77. The van der Waals surface area contributed by atoms with Crippen molar-refractivity contribution < 1.29 is 9.90 Å². The fourth-order valence-electron chi connectivity index (χ4n) is 3.65. The number of aromatic nitrogens is 2. The summed E-state index contributed by atoms with van der Waals surface area (Å²) in [6.07, 6.45) is 3.58. The number of aryl methyl sites for hydroxylation is 1. The molecule has 142 valence electrons. The number of rotatable bonds is 6. The lowest BCUT2D eigenvalue weighted by Crippen LogP contribution is -2.42. The Morgan fingerprint density at radius 1 is 1.08 bits per heavy atom. The van der Waals surface area contributed by atoms with Crippen LogP contribution in [0, 0.1) is 6.92 Å². The first-order chi connectivity index (χ1) is 12.5. The second kappa shape index (κ2) is 7.85. The zero-order valence-electron chi connectivity index (χ0n) is 15.3. The van der Waals surface area contributed by atoms with E-state index in [1.807, 2.05) is 0 Å². The number of carbonyl (C=O) groups excluding carboxylic acids is 1. The maximum Gasteiger partial charge on any atom is 0.332 e. The summed E-state index contributed by atoms with van der Waals surface area (Å²) in [7, 11) is 0. The van der Waals surface area contributed by atoms with E-state index in [9.17, 15) is 19.5 Å². The van der Waals surface area contributed by atoms with Gasteiger partial charge in [-0.05, 0) is 45.3 Å². The minimum Gasteiger partial charge on any atom is -0.395 e. The zero-order chi connectivity index (χ0) is 18.8. The first kappa shape index (κ1) is 19.0. The number of nitrogens with zero attached hydrogens (tertiary/aromatic N) is 3. The van der Waals surface area contributed by atoms with Gasteiger partial charge in [0.25, 0.3) is 5.56 Å². The van der Waals surface area contributed by atoms with Crippen molar-refractivity contribution in [3.63, 3.8) is 0 Å². The summed E-state index contributed by atoms with van der Waals surface area (Å²) in [5.74, 6) is -0.105. The molecular formula is C18H25N3O4S. The molecule has 0 aromatic carbocycles. The Morgan fingerprint density at radius 3 is 2.38 bits per heavy atom. The molecule has 0 saturated carbocycles. The van der Waals surface area contributed by atoms with Gasteiger partial charge in [0.15, 0.2) is 5.78 Å². The van der Waals surface area contributed by atoms with Crippen molar-refractivity contribution in [2.24, 2.45) is 0 Å². The summed E-state index contributed by atoms with van der Waals surface area (Å²) in [5, 5.41) is 9.68. The maximum absolute atomic E-state index is 12.9. The number of aliphatic hydroxyl groups is 1. The van der Waals surface area contributed by atoms with Gasteiger partial charge in [-0.1, -0.05) is 6.42 Å². The normalized spacial score (nSPS) is 15.7. The summed E-state index contributed by atoms with van der Waals surface area (Å²) in [5.41, 5.74) is -0.208. The van der Waals surface area contributed by atoms with Gasteiger partial charge in [0.2, 0.25) is 0 Å². The lowest BCUT2D eigenvalue weighted by molar-refractivity contribution is 0.102. The molecule has 7 nitrogen and oxygen atoms in total. The highest BCUT2D eigenvalue weighted by atomic mass is 32.1. The number of ketones is 1. The van der Waals surface area contributed by atoms with Crippen LogP contribution in [0.15, 0.2) is 9.59 Å². The van der Waals surface area contributed by atoms with Gasteiger partial charge in [-0.2, -0.15) is 0 Å². The molecule has 2 aromatic heterocycles. The fourth-order valence-corrected chi connectivity index (χ4v) is 4.86. The van der Waals surface area contributed by atoms with E-state index in [1.165, 1.54) is 37.5 Å². The standard InChI is InChI=1S/C18H25N3O4S/c1-12-14-16(24)20(10-11-22)18(25)21(17(14)26-15(12)13(2)23)9-8-19-6-4-3-5-7-19/h22H,3-11H2,1-2H3. The van der Waals surface area contributed by atoms with Gasteiger partial charge in [0.05, 0.1) is 23.4 Å². The number of hydrogen-bond acceptors (Lipinski definition) is 6. The number of fused-ring (bicyclic) bond motifs is 1. The van der Waals surface area contributed by atoms with E-state index in [0.717, 1.165) is 24.2 Å². The molecule has 1 aliphatic rings. The van der Waals surface area contributed by atoms with Crippen LogP contribution in [0.1, 0.15) is 41.4 Å². The van der Waals surface area contributed by atoms with Crippen LogP contribution in [-0.2, 0) is 13.1 Å². The second-order valence-corrected chi connectivity index (χ2v) is 7.81. The van der Waals surface area contributed by atoms with Crippen molar-refractivity contribution in [2.45, 2.75) is 46.2 Å². The van der Waals surface area contributed by atoms with E-state index in [-0.39, 0.29) is 18.9 Å². The third-order valence-corrected chi connectivity index (χ3v) is 6.44. The molecule has 0 bridgehead atoms. The molecule has 3 heterocycles. The monoisotopic (exact) mass is 379 g/mol. The molecule has 8 heteroatoms. The van der Waals surface area contributed by atoms with E-state index in [2.05, 4.69) is 4.90 Å². The van der Waals surface area contributed by atoms with Crippen LogP contribution >= 0.6 is 11.3 Å². The van der Waals surface area contributed by atoms with E-state index in [1.54, 1.807) is 11.5 Å². The number of aliphatic hydroxyl groups excluding tert-OH is 1. The Morgan fingerprint density at radius 2 is 1.77 bits per heavy atom. The molecule has 3 rings (SSSR count). The van der Waals surface area contributed by atoms with Crippen LogP contribution in [0.2, 0.25) is 0 Å². The third-order valence-electron chi connectivity index (χ3n) is 5.03. The van der Waals surface area contributed by atoms with Gasteiger partial charge in [0.1, 0.15) is 4.83 Å². The minimum absolute atomic E-state index is 0.0397. The first-order valence-electron chi connectivity index (χ1n) is 9.06. The molecule has 26 heavy (non-hydrogen) atoms. The van der Waals surface area contributed by atoms with Crippen LogP contribution in [0.5, 0.6) is 0 Å². The van der Waals surface area contributed by atoms with Crippen molar-refractivity contribution >= 4 is 27.3 Å². The molecule has 0 unspecified atom stereocenters. The Balaban J connectivity index is 2.12. The lowest BCUT2D eigenvalue weighted by Gasteiger charge is -2.26. The molecule has 1 fully saturated rings. The molecule has 2 aromatic rings. The zero-order valence-corrected chi connectivity index (χ0v) is 16.1. The van der Waals surface area contributed by atoms with Crippen molar-refractivity contribution in [1.29, 1.82) is 0 Å². The molecule has 0 spiro atoms. The van der Waals surface area contributed by atoms with Crippen molar-refractivity contribution in [2.75, 3.05) is 26.2 Å². The number of piperidine rings is 1. The van der Waals surface area contributed by atoms with Gasteiger partial charge >= 0.3 is 5.69 Å². The Kier molecular flexibility index (Phi) is 5.74. The minimum atomic E-state index is -0.422. The van der Waals surface area contributed by atoms with Crippen LogP contribution in [0.4, 0.5) is 0 Å². The van der Waals surface area contributed by atoms with Gasteiger partial charge in [0, 0.05) is 13.1 Å². The molecular weight excluding hydrogens is 354 g/mol. The summed E-state index contributed by atoms with van der Waals surface area (Å²) in [4.78, 5) is 41.0. The molecule has 0 radical (unpaired) electrons. The largest absolute Gasteiger partial charge is 0.395 e. The van der Waals surface area contributed by atoms with E-state index < -0.39 is 11.2 Å². The predicted molar refractivity (Wildman–Crippen MR) is 102 cm³/mol. The van der Waals surface area contributed by atoms with Crippen LogP contribution < -0.4 is 11.2 Å². The lowest BCUT2D eigenvalue weighted by atomic mass is 10.1. The second-order valence-electron chi connectivity index (χ2n) is 6.81. The van der Waals surface area contributed by atoms with Gasteiger partial charge in [-0.3, -0.25) is 18.7 Å². The van der Waals surface area contributed by atoms with Crippen molar-refractivity contribution in [3.8, 4) is 0 Å². The molecule has 1 N–H and O–H groups in total. The average molecular weight is 379 g/mol. The van der Waals surface area contributed by atoms with Gasteiger partial charge in [-0.25, -0.2) is 4.79 Å². The van der Waals surface area contributed by atoms with Crippen molar-refractivity contribution in [1.82, 2.24) is 14.0 Å². The number of thiophene rings is 1. The highest BCUT2D eigenvalue weighted by Gasteiger charge is 2.22. The first-order valence-corrected chi connectivity index (χ1v) is 9.88. The smallest absolute Gasteiger partial charge is 0.332 e. The summed E-state index contributed by atoms with van der Waals surface area (Å²) < 4.78 is 2.69. The topological polar surface area (TPSA) is 84.5 Å². The number of likely N-dealkylation sites (tertiary alicyclic amines) is 1. The molecule has 0 amide bonds. The van der Waals surface area contributed by atoms with Gasteiger partial charge in [-0.15, -0.1) is 11.3 Å². The number of hydrogen-bond donors (Lipinski definition) is 1. The molecule has 0 aliphatic carbocycles. The van der Waals surface area contributed by atoms with Gasteiger partial charge < -0.3 is 10.0 Å². The van der Waals surface area contributed by atoms with E-state index >= 15 is 0 Å². The fraction of sp³-hybridized carbons (Fsp3) is 0.611. The molecule has 1 aliphatic heterocycles. The Bertz CT molecular complexity index is 935. The maximum atomic E-state index is 12.9. The summed E-state index contributed by atoms with van der Waals surface area (Å²) >= 11 is 1.22. The quantitative estimate of drug-likeness (QED) is 0.763. The third kappa shape index (κ3) is 3.41.